The molecule has 0 atom stereocenters. The van der Waals surface area contributed by atoms with E-state index in [0.717, 1.165) is 11.3 Å². The molecule has 0 saturated carbocycles. The van der Waals surface area contributed by atoms with Crippen LogP contribution in [0.2, 0.25) is 0 Å². The van der Waals surface area contributed by atoms with Crippen LogP contribution >= 0.6 is 0 Å². The number of carbonyl (C=O) groups is 3. The van der Waals surface area contributed by atoms with Crippen molar-refractivity contribution in [1.82, 2.24) is 15.1 Å². The summed E-state index contributed by atoms with van der Waals surface area (Å²) in [5, 5.41) is 2.78. The van der Waals surface area contributed by atoms with Crippen molar-refractivity contribution in [2.75, 3.05) is 37.7 Å². The number of hydrogen-bond acceptors (Lipinski definition) is 4. The van der Waals surface area contributed by atoms with E-state index in [1.807, 2.05) is 73.3 Å². The predicted molar refractivity (Wildman–Crippen MR) is 123 cm³/mol. The van der Waals surface area contributed by atoms with Gasteiger partial charge in [-0.25, -0.2) is 0 Å². The SMILES string of the molecule is CCNC(=O)CN1CN(c2ccccc2)C2(CCN(C(=O)c3ccccc3C)CC2)C1=O. The number of para-hydroxylation sites is 1. The highest BCUT2D eigenvalue weighted by molar-refractivity contribution is 5.98. The zero-order valence-corrected chi connectivity index (χ0v) is 18.7. The van der Waals surface area contributed by atoms with Crippen LogP contribution in [-0.2, 0) is 9.59 Å². The zero-order valence-electron chi connectivity index (χ0n) is 18.7. The van der Waals surface area contributed by atoms with E-state index in [9.17, 15) is 14.4 Å². The molecule has 32 heavy (non-hydrogen) atoms. The van der Waals surface area contributed by atoms with Gasteiger partial charge in [0.15, 0.2) is 0 Å². The summed E-state index contributed by atoms with van der Waals surface area (Å²) in [6.45, 7) is 5.74. The van der Waals surface area contributed by atoms with Crippen LogP contribution in [-0.4, -0.2) is 65.9 Å². The molecule has 2 saturated heterocycles. The number of carbonyl (C=O) groups excluding carboxylic acids is 3. The average Bonchev–Trinajstić information content (AvgIpc) is 3.06. The lowest BCUT2D eigenvalue weighted by Crippen LogP contribution is -2.57. The van der Waals surface area contributed by atoms with Crippen molar-refractivity contribution in [1.29, 1.82) is 0 Å². The van der Waals surface area contributed by atoms with Crippen LogP contribution in [0.3, 0.4) is 0 Å². The van der Waals surface area contributed by atoms with Gasteiger partial charge in [-0.15, -0.1) is 0 Å². The fourth-order valence-corrected chi connectivity index (χ4v) is 4.81. The maximum absolute atomic E-state index is 13.6. The molecule has 2 fully saturated rings. The van der Waals surface area contributed by atoms with Gasteiger partial charge in [0, 0.05) is 30.9 Å². The summed E-state index contributed by atoms with van der Waals surface area (Å²) in [7, 11) is 0. The third-order valence-corrected chi connectivity index (χ3v) is 6.54. The van der Waals surface area contributed by atoms with Gasteiger partial charge in [-0.3, -0.25) is 14.4 Å². The Bertz CT molecular complexity index is 999. The molecule has 2 aromatic rings. The average molecular weight is 435 g/mol. The van der Waals surface area contributed by atoms with Crippen molar-refractivity contribution < 1.29 is 14.4 Å². The van der Waals surface area contributed by atoms with E-state index in [0.29, 0.717) is 44.7 Å². The van der Waals surface area contributed by atoms with Crippen molar-refractivity contribution >= 4 is 23.4 Å². The number of nitrogens with one attached hydrogen (secondary N) is 1. The molecule has 1 N–H and O–H groups in total. The molecular formula is C25H30N4O3. The number of anilines is 1. The number of likely N-dealkylation sites (N-methyl/N-ethyl adjacent to an activating group) is 1. The summed E-state index contributed by atoms with van der Waals surface area (Å²) in [5.41, 5.74) is 1.88. The minimum atomic E-state index is -0.740. The second-order valence-corrected chi connectivity index (χ2v) is 8.50. The first kappa shape index (κ1) is 21.9. The summed E-state index contributed by atoms with van der Waals surface area (Å²) in [5.74, 6) is -0.178. The monoisotopic (exact) mass is 434 g/mol. The van der Waals surface area contributed by atoms with Gasteiger partial charge in [-0.2, -0.15) is 0 Å². The van der Waals surface area contributed by atoms with Gasteiger partial charge in [0.2, 0.25) is 5.91 Å². The van der Waals surface area contributed by atoms with Gasteiger partial charge >= 0.3 is 0 Å². The van der Waals surface area contributed by atoms with Crippen molar-refractivity contribution in [2.24, 2.45) is 0 Å². The molecule has 2 aliphatic heterocycles. The Morgan fingerprint density at radius 3 is 2.31 bits per heavy atom. The molecule has 7 heteroatoms. The van der Waals surface area contributed by atoms with Crippen LogP contribution in [0.25, 0.3) is 0 Å². The Kier molecular flexibility index (Phi) is 6.17. The molecule has 168 valence electrons. The van der Waals surface area contributed by atoms with Gasteiger partial charge in [0.05, 0.1) is 6.67 Å². The maximum atomic E-state index is 13.6. The van der Waals surface area contributed by atoms with Crippen LogP contribution in [0.4, 0.5) is 5.69 Å². The summed E-state index contributed by atoms with van der Waals surface area (Å²) in [6, 6.07) is 17.4. The molecule has 1 spiro atoms. The zero-order chi connectivity index (χ0) is 22.7. The summed E-state index contributed by atoms with van der Waals surface area (Å²) < 4.78 is 0. The lowest BCUT2D eigenvalue weighted by Gasteiger charge is -2.43. The normalized spacial score (nSPS) is 17.7. The molecule has 0 unspecified atom stereocenters. The molecule has 0 aliphatic carbocycles. The van der Waals surface area contributed by atoms with E-state index >= 15 is 0 Å². The maximum Gasteiger partial charge on any atom is 0.254 e. The lowest BCUT2D eigenvalue weighted by atomic mass is 9.85. The van der Waals surface area contributed by atoms with Gasteiger partial charge in [0.25, 0.3) is 11.8 Å². The fraction of sp³-hybridized carbons (Fsp3) is 0.400. The molecule has 7 nitrogen and oxygen atoms in total. The minimum absolute atomic E-state index is 0.00818. The molecule has 2 heterocycles. The quantitative estimate of drug-likeness (QED) is 0.785. The number of likely N-dealkylation sites (tertiary alicyclic amines) is 1. The van der Waals surface area contributed by atoms with Crippen LogP contribution < -0.4 is 10.2 Å². The molecule has 3 amide bonds. The van der Waals surface area contributed by atoms with Crippen molar-refractivity contribution in [3.05, 3.63) is 65.7 Å². The minimum Gasteiger partial charge on any atom is -0.355 e. The standard InChI is InChI=1S/C25H30N4O3/c1-3-26-22(30)17-28-18-29(20-10-5-4-6-11-20)25(24(28)32)13-15-27(16-14-25)23(31)21-12-8-7-9-19(21)2/h4-12H,3,13-18H2,1-2H3,(H,26,30). The number of hydrogen-bond donors (Lipinski definition) is 1. The largest absolute Gasteiger partial charge is 0.355 e. The highest BCUT2D eigenvalue weighted by Gasteiger charge is 2.54. The Morgan fingerprint density at radius 2 is 1.66 bits per heavy atom. The Balaban J connectivity index is 1.57. The Labute approximate surface area is 189 Å². The Hall–Kier alpha value is -3.35. The second-order valence-electron chi connectivity index (χ2n) is 8.50. The molecule has 2 aromatic carbocycles. The number of aryl methyl sites for hydroxylation is 1. The molecule has 0 bridgehead atoms. The van der Waals surface area contributed by atoms with E-state index in [2.05, 4.69) is 10.2 Å². The first-order chi connectivity index (χ1) is 15.5. The third kappa shape index (κ3) is 3.95. The first-order valence-electron chi connectivity index (χ1n) is 11.2. The van der Waals surface area contributed by atoms with Crippen molar-refractivity contribution in [2.45, 2.75) is 32.2 Å². The van der Waals surface area contributed by atoms with E-state index in [4.69, 9.17) is 0 Å². The molecule has 0 radical (unpaired) electrons. The molecule has 2 aliphatic rings. The van der Waals surface area contributed by atoms with E-state index in [1.165, 1.54) is 0 Å². The van der Waals surface area contributed by atoms with E-state index in [1.54, 1.807) is 4.90 Å². The molecular weight excluding hydrogens is 404 g/mol. The van der Waals surface area contributed by atoms with Crippen LogP contribution in [0, 0.1) is 6.92 Å². The lowest BCUT2D eigenvalue weighted by molar-refractivity contribution is -0.137. The van der Waals surface area contributed by atoms with E-state index < -0.39 is 5.54 Å². The van der Waals surface area contributed by atoms with Crippen molar-refractivity contribution in [3.63, 3.8) is 0 Å². The number of nitrogens with zero attached hydrogens (tertiary/aromatic N) is 3. The van der Waals surface area contributed by atoms with Crippen LogP contribution in [0.5, 0.6) is 0 Å². The van der Waals surface area contributed by atoms with Gasteiger partial charge < -0.3 is 20.0 Å². The highest BCUT2D eigenvalue weighted by Crippen LogP contribution is 2.39. The summed E-state index contributed by atoms with van der Waals surface area (Å²) in [6.07, 6.45) is 1.06. The summed E-state index contributed by atoms with van der Waals surface area (Å²) >= 11 is 0. The second kappa shape index (κ2) is 9.02. The number of benzene rings is 2. The number of rotatable bonds is 5. The van der Waals surface area contributed by atoms with Gasteiger partial charge in [0.1, 0.15) is 12.1 Å². The third-order valence-electron chi connectivity index (χ3n) is 6.54. The van der Waals surface area contributed by atoms with Crippen LogP contribution in [0.15, 0.2) is 54.6 Å². The van der Waals surface area contributed by atoms with Crippen LogP contribution in [0.1, 0.15) is 35.7 Å². The van der Waals surface area contributed by atoms with Gasteiger partial charge in [-0.1, -0.05) is 36.4 Å². The predicted octanol–water partition coefficient (Wildman–Crippen LogP) is 2.41. The first-order valence-corrected chi connectivity index (χ1v) is 11.2. The highest BCUT2D eigenvalue weighted by atomic mass is 16.2. The number of amides is 3. The van der Waals surface area contributed by atoms with E-state index in [-0.39, 0.29) is 24.3 Å². The Morgan fingerprint density at radius 1 is 1.00 bits per heavy atom. The fourth-order valence-electron chi connectivity index (χ4n) is 4.81. The molecule has 0 aromatic heterocycles. The van der Waals surface area contributed by atoms with Gasteiger partial charge in [-0.05, 0) is 50.5 Å². The topological polar surface area (TPSA) is 73.0 Å². The smallest absolute Gasteiger partial charge is 0.254 e. The van der Waals surface area contributed by atoms with Crippen molar-refractivity contribution in [3.8, 4) is 0 Å². The summed E-state index contributed by atoms with van der Waals surface area (Å²) in [4.78, 5) is 44.5. The molecule has 4 rings (SSSR count). The number of piperidine rings is 1.